The van der Waals surface area contributed by atoms with E-state index in [2.05, 4.69) is 5.32 Å². The van der Waals surface area contributed by atoms with Crippen LogP contribution in [0.4, 0.5) is 0 Å². The summed E-state index contributed by atoms with van der Waals surface area (Å²) < 4.78 is 4.87. The van der Waals surface area contributed by atoms with Crippen molar-refractivity contribution in [3.05, 3.63) is 12.2 Å². The molecule has 0 aliphatic carbocycles. The van der Waals surface area contributed by atoms with Gasteiger partial charge in [-0.1, -0.05) is 12.2 Å². The molecule has 0 heterocycles. The quantitative estimate of drug-likeness (QED) is 0.497. The Kier molecular flexibility index (Phi) is 6.38. The first-order valence-corrected chi connectivity index (χ1v) is 4.09. The first-order chi connectivity index (χ1) is 5.66. The van der Waals surface area contributed by atoms with Crippen LogP contribution in [0.15, 0.2) is 12.2 Å². The third-order valence-electron chi connectivity index (χ3n) is 1.34. The van der Waals surface area contributed by atoms with Gasteiger partial charge in [-0.3, -0.25) is 4.79 Å². The number of amides is 1. The first kappa shape index (κ1) is 11.2. The summed E-state index contributed by atoms with van der Waals surface area (Å²) in [5.41, 5.74) is 0. The molecule has 1 N–H and O–H groups in total. The fourth-order valence-corrected chi connectivity index (χ4v) is 0.855. The molecular formula is C9H17NO2. The van der Waals surface area contributed by atoms with Crippen molar-refractivity contribution in [2.75, 3.05) is 13.7 Å². The number of carbonyl (C=O) groups is 1. The number of nitrogens with one attached hydrogen (secondary N) is 1. The van der Waals surface area contributed by atoms with E-state index in [0.717, 1.165) is 13.0 Å². The van der Waals surface area contributed by atoms with Crippen LogP contribution in [0, 0.1) is 0 Å². The molecule has 1 unspecified atom stereocenters. The van der Waals surface area contributed by atoms with Crippen molar-refractivity contribution in [1.29, 1.82) is 0 Å². The maximum absolute atomic E-state index is 10.6. The number of carbonyl (C=O) groups excluding carboxylic acids is 1. The van der Waals surface area contributed by atoms with Gasteiger partial charge in [0, 0.05) is 26.7 Å². The Morgan fingerprint density at radius 1 is 1.67 bits per heavy atom. The summed E-state index contributed by atoms with van der Waals surface area (Å²) in [6, 6.07) is 0.111. The summed E-state index contributed by atoms with van der Waals surface area (Å²) in [6.45, 7) is 4.17. The summed E-state index contributed by atoms with van der Waals surface area (Å²) in [7, 11) is 1.67. The van der Waals surface area contributed by atoms with E-state index in [1.807, 2.05) is 19.1 Å². The minimum atomic E-state index is -0.00103. The third-order valence-corrected chi connectivity index (χ3v) is 1.34. The monoisotopic (exact) mass is 171 g/mol. The molecule has 0 aliphatic rings. The first-order valence-electron chi connectivity index (χ1n) is 4.09. The SMILES string of the molecule is COCCC=CC(C)NC(C)=O. The van der Waals surface area contributed by atoms with Crippen LogP contribution in [0.5, 0.6) is 0 Å². The van der Waals surface area contributed by atoms with Crippen LogP contribution in [0.1, 0.15) is 20.3 Å². The van der Waals surface area contributed by atoms with Crippen molar-refractivity contribution >= 4 is 5.91 Å². The Morgan fingerprint density at radius 3 is 2.83 bits per heavy atom. The van der Waals surface area contributed by atoms with Gasteiger partial charge in [0.05, 0.1) is 0 Å². The van der Waals surface area contributed by atoms with Crippen LogP contribution in [0.25, 0.3) is 0 Å². The van der Waals surface area contributed by atoms with Crippen molar-refractivity contribution < 1.29 is 9.53 Å². The van der Waals surface area contributed by atoms with E-state index in [-0.39, 0.29) is 11.9 Å². The van der Waals surface area contributed by atoms with Crippen LogP contribution in [-0.2, 0) is 9.53 Å². The fraction of sp³-hybridized carbons (Fsp3) is 0.667. The summed E-state index contributed by atoms with van der Waals surface area (Å²) in [4.78, 5) is 10.6. The molecule has 0 spiro atoms. The van der Waals surface area contributed by atoms with Crippen LogP contribution in [0.3, 0.4) is 0 Å². The lowest BCUT2D eigenvalue weighted by molar-refractivity contribution is -0.119. The van der Waals surface area contributed by atoms with Gasteiger partial charge in [-0.25, -0.2) is 0 Å². The molecule has 0 saturated carbocycles. The molecule has 0 rings (SSSR count). The second kappa shape index (κ2) is 6.85. The van der Waals surface area contributed by atoms with Gasteiger partial charge in [0.2, 0.25) is 5.91 Å². The molecule has 1 atom stereocenters. The molecule has 0 aromatic carbocycles. The van der Waals surface area contributed by atoms with Crippen LogP contribution in [-0.4, -0.2) is 25.7 Å². The van der Waals surface area contributed by atoms with Gasteiger partial charge >= 0.3 is 0 Å². The topological polar surface area (TPSA) is 38.3 Å². The van der Waals surface area contributed by atoms with E-state index < -0.39 is 0 Å². The molecule has 12 heavy (non-hydrogen) atoms. The molecule has 0 bridgehead atoms. The van der Waals surface area contributed by atoms with Gasteiger partial charge in [-0.15, -0.1) is 0 Å². The molecule has 3 nitrogen and oxygen atoms in total. The van der Waals surface area contributed by atoms with Crippen LogP contribution >= 0.6 is 0 Å². The van der Waals surface area contributed by atoms with Gasteiger partial charge < -0.3 is 10.1 Å². The molecule has 0 aromatic rings. The van der Waals surface area contributed by atoms with Crippen LogP contribution < -0.4 is 5.32 Å². The highest BCUT2D eigenvalue weighted by Crippen LogP contribution is 1.88. The normalized spacial score (nSPS) is 13.2. The zero-order valence-corrected chi connectivity index (χ0v) is 7.96. The van der Waals surface area contributed by atoms with Crippen molar-refractivity contribution in [3.8, 4) is 0 Å². The smallest absolute Gasteiger partial charge is 0.217 e. The molecule has 0 saturated heterocycles. The molecule has 1 amide bonds. The molecule has 0 aliphatic heterocycles. The number of methoxy groups -OCH3 is 1. The van der Waals surface area contributed by atoms with E-state index in [1.54, 1.807) is 7.11 Å². The molecule has 3 heteroatoms. The van der Waals surface area contributed by atoms with Gasteiger partial charge in [0.1, 0.15) is 0 Å². The minimum absolute atomic E-state index is 0.00103. The van der Waals surface area contributed by atoms with Crippen molar-refractivity contribution in [1.82, 2.24) is 5.32 Å². The second-order valence-electron chi connectivity index (χ2n) is 2.70. The van der Waals surface area contributed by atoms with E-state index in [1.165, 1.54) is 6.92 Å². The standard InChI is InChI=1S/C9H17NO2/c1-8(10-9(2)11)6-4-5-7-12-3/h4,6,8H,5,7H2,1-3H3,(H,10,11). The van der Waals surface area contributed by atoms with E-state index >= 15 is 0 Å². The fourth-order valence-electron chi connectivity index (χ4n) is 0.855. The molecule has 70 valence electrons. The average molecular weight is 171 g/mol. The number of rotatable bonds is 5. The van der Waals surface area contributed by atoms with Crippen molar-refractivity contribution in [3.63, 3.8) is 0 Å². The Hall–Kier alpha value is -0.830. The Morgan fingerprint density at radius 2 is 2.33 bits per heavy atom. The maximum Gasteiger partial charge on any atom is 0.217 e. The minimum Gasteiger partial charge on any atom is -0.384 e. The lowest BCUT2D eigenvalue weighted by Crippen LogP contribution is -2.28. The second-order valence-corrected chi connectivity index (χ2v) is 2.70. The zero-order chi connectivity index (χ0) is 9.40. The summed E-state index contributed by atoms with van der Waals surface area (Å²) >= 11 is 0. The van der Waals surface area contributed by atoms with Gasteiger partial charge in [0.25, 0.3) is 0 Å². The summed E-state index contributed by atoms with van der Waals surface area (Å²) in [5.74, 6) is -0.00103. The Labute approximate surface area is 73.8 Å². The van der Waals surface area contributed by atoms with Crippen molar-refractivity contribution in [2.45, 2.75) is 26.3 Å². The summed E-state index contributed by atoms with van der Waals surface area (Å²) in [6.07, 6.45) is 4.85. The molecule has 0 fully saturated rings. The lowest BCUT2D eigenvalue weighted by atomic mass is 10.3. The van der Waals surface area contributed by atoms with E-state index in [4.69, 9.17) is 4.74 Å². The predicted octanol–water partition coefficient (Wildman–Crippen LogP) is 1.10. The average Bonchev–Trinajstić information content (AvgIpc) is 1.97. The highest BCUT2D eigenvalue weighted by molar-refractivity contribution is 5.73. The van der Waals surface area contributed by atoms with E-state index in [0.29, 0.717) is 0 Å². The highest BCUT2D eigenvalue weighted by atomic mass is 16.5. The summed E-state index contributed by atoms with van der Waals surface area (Å²) in [5, 5.41) is 2.75. The van der Waals surface area contributed by atoms with Crippen LogP contribution in [0.2, 0.25) is 0 Å². The Bertz CT molecular complexity index is 155. The maximum atomic E-state index is 10.6. The number of hydrogen-bond donors (Lipinski definition) is 1. The molecule has 0 radical (unpaired) electrons. The number of ether oxygens (including phenoxy) is 1. The predicted molar refractivity (Wildman–Crippen MR) is 48.9 cm³/mol. The third kappa shape index (κ3) is 7.28. The highest BCUT2D eigenvalue weighted by Gasteiger charge is 1.95. The Balaban J connectivity index is 3.46. The van der Waals surface area contributed by atoms with Gasteiger partial charge in [-0.2, -0.15) is 0 Å². The largest absolute Gasteiger partial charge is 0.384 e. The number of hydrogen-bond acceptors (Lipinski definition) is 2. The lowest BCUT2D eigenvalue weighted by Gasteiger charge is -2.05. The molecule has 0 aromatic heterocycles. The zero-order valence-electron chi connectivity index (χ0n) is 7.96. The van der Waals surface area contributed by atoms with E-state index in [9.17, 15) is 4.79 Å². The van der Waals surface area contributed by atoms with Gasteiger partial charge in [0.15, 0.2) is 0 Å². The van der Waals surface area contributed by atoms with Crippen molar-refractivity contribution in [2.24, 2.45) is 0 Å². The molecular weight excluding hydrogens is 154 g/mol. The van der Waals surface area contributed by atoms with Gasteiger partial charge in [-0.05, 0) is 13.3 Å².